The van der Waals surface area contributed by atoms with Gasteiger partial charge >= 0.3 is 0 Å². The number of pyridine rings is 2. The van der Waals surface area contributed by atoms with Crippen LogP contribution in [0, 0.1) is 5.92 Å². The van der Waals surface area contributed by atoms with Crippen molar-refractivity contribution in [2.45, 2.75) is 31.7 Å². The first-order valence-corrected chi connectivity index (χ1v) is 12.2. The second-order valence-corrected chi connectivity index (χ2v) is 9.62. The van der Waals surface area contributed by atoms with E-state index in [9.17, 15) is 9.59 Å². The molecule has 2 aromatic rings. The molecule has 8 heteroatoms. The summed E-state index contributed by atoms with van der Waals surface area (Å²) in [6, 6.07) is 6.05. The third-order valence-electron chi connectivity index (χ3n) is 6.57. The van der Waals surface area contributed by atoms with Crippen LogP contribution in [0.4, 0.5) is 11.5 Å². The lowest BCUT2D eigenvalue weighted by atomic mass is 10.0. The number of aromatic amines is 1. The zero-order valence-corrected chi connectivity index (χ0v) is 20.5. The Labute approximate surface area is 201 Å². The molecule has 0 radical (unpaired) electrons. The lowest BCUT2D eigenvalue weighted by Gasteiger charge is -2.40. The lowest BCUT2D eigenvalue weighted by Crippen LogP contribution is -2.51. The van der Waals surface area contributed by atoms with Gasteiger partial charge in [0.05, 0.1) is 0 Å². The third-order valence-corrected chi connectivity index (χ3v) is 6.57. The van der Waals surface area contributed by atoms with E-state index in [4.69, 9.17) is 0 Å². The average molecular weight is 465 g/mol. The van der Waals surface area contributed by atoms with Crippen LogP contribution in [0.25, 0.3) is 11.1 Å². The van der Waals surface area contributed by atoms with Crippen LogP contribution in [0.3, 0.4) is 0 Å². The zero-order valence-electron chi connectivity index (χ0n) is 20.5. The second-order valence-electron chi connectivity index (χ2n) is 9.62. The molecule has 1 aliphatic carbocycles. The fourth-order valence-corrected chi connectivity index (χ4v) is 4.50. The van der Waals surface area contributed by atoms with Crippen LogP contribution in [-0.4, -0.2) is 79.0 Å². The third kappa shape index (κ3) is 6.05. The standard InChI is InChI=1S/C26H36N6O2/c1-27-24-15-20(10-11-28-24)21-14-23(26(34)29-16-21)32(17-19-8-9-19)22-6-4-13-31(18-22)25(33)7-5-12-30(2)3/h5,7,10-11,14-16,19,22H,4,6,8-9,12-13,17-18H2,1-3H3,(H,27,28)(H,29,34)/b7-5+/t22-/m0/s1. The first-order valence-electron chi connectivity index (χ1n) is 12.2. The molecule has 2 fully saturated rings. The van der Waals surface area contributed by atoms with E-state index in [0.717, 1.165) is 49.4 Å². The highest BCUT2D eigenvalue weighted by Gasteiger charge is 2.33. The number of hydrogen-bond donors (Lipinski definition) is 2. The number of H-pyrrole nitrogens is 1. The van der Waals surface area contributed by atoms with Crippen molar-refractivity contribution in [3.63, 3.8) is 0 Å². The van der Waals surface area contributed by atoms with Gasteiger partial charge in [-0.2, -0.15) is 0 Å². The maximum Gasteiger partial charge on any atom is 0.271 e. The van der Waals surface area contributed by atoms with Gasteiger partial charge in [0.25, 0.3) is 5.56 Å². The Morgan fingerprint density at radius 1 is 1.26 bits per heavy atom. The van der Waals surface area contributed by atoms with Crippen LogP contribution in [0.5, 0.6) is 0 Å². The summed E-state index contributed by atoms with van der Waals surface area (Å²) < 4.78 is 0. The Kier molecular flexibility index (Phi) is 7.67. The predicted molar refractivity (Wildman–Crippen MR) is 137 cm³/mol. The summed E-state index contributed by atoms with van der Waals surface area (Å²) in [6.45, 7) is 3.00. The molecule has 1 saturated carbocycles. The molecule has 1 amide bonds. The predicted octanol–water partition coefficient (Wildman–Crippen LogP) is 2.80. The summed E-state index contributed by atoms with van der Waals surface area (Å²) in [5.74, 6) is 1.45. The molecular weight excluding hydrogens is 428 g/mol. The minimum atomic E-state index is -0.0818. The van der Waals surface area contributed by atoms with E-state index in [2.05, 4.69) is 20.2 Å². The van der Waals surface area contributed by atoms with Crippen molar-refractivity contribution in [1.29, 1.82) is 0 Å². The van der Waals surface area contributed by atoms with Gasteiger partial charge in [0, 0.05) is 63.3 Å². The number of piperidine rings is 1. The van der Waals surface area contributed by atoms with Gasteiger partial charge in [-0.15, -0.1) is 0 Å². The van der Waals surface area contributed by atoms with Gasteiger partial charge in [0.15, 0.2) is 0 Å². The Balaban J connectivity index is 1.58. The van der Waals surface area contributed by atoms with Crippen LogP contribution in [0.15, 0.2) is 47.5 Å². The summed E-state index contributed by atoms with van der Waals surface area (Å²) in [5.41, 5.74) is 2.55. The van der Waals surface area contributed by atoms with Crippen molar-refractivity contribution in [2.24, 2.45) is 5.92 Å². The van der Waals surface area contributed by atoms with E-state index >= 15 is 0 Å². The fourth-order valence-electron chi connectivity index (χ4n) is 4.50. The first kappa shape index (κ1) is 24.0. The van der Waals surface area contributed by atoms with Crippen LogP contribution >= 0.6 is 0 Å². The summed E-state index contributed by atoms with van der Waals surface area (Å²) in [6.07, 6.45) is 11.4. The Bertz CT molecular complexity index is 1070. The van der Waals surface area contributed by atoms with Crippen LogP contribution < -0.4 is 15.8 Å². The van der Waals surface area contributed by atoms with Crippen molar-refractivity contribution in [2.75, 3.05) is 57.5 Å². The topological polar surface area (TPSA) is 84.6 Å². The average Bonchev–Trinajstić information content (AvgIpc) is 3.67. The largest absolute Gasteiger partial charge is 0.373 e. The zero-order chi connectivity index (χ0) is 24.1. The number of aromatic nitrogens is 2. The van der Waals surface area contributed by atoms with E-state index in [-0.39, 0.29) is 17.5 Å². The molecular formula is C26H36N6O2. The van der Waals surface area contributed by atoms with Gasteiger partial charge in [0.1, 0.15) is 11.5 Å². The molecule has 4 rings (SSSR count). The maximum atomic E-state index is 13.0. The van der Waals surface area contributed by atoms with E-state index in [1.165, 1.54) is 12.8 Å². The molecule has 2 aromatic heterocycles. The monoisotopic (exact) mass is 464 g/mol. The highest BCUT2D eigenvalue weighted by molar-refractivity contribution is 5.87. The van der Waals surface area contributed by atoms with Crippen LogP contribution in [-0.2, 0) is 4.79 Å². The molecule has 34 heavy (non-hydrogen) atoms. The number of carbonyl (C=O) groups is 1. The molecule has 1 atom stereocenters. The lowest BCUT2D eigenvalue weighted by molar-refractivity contribution is -0.127. The summed E-state index contributed by atoms with van der Waals surface area (Å²) in [5, 5.41) is 3.07. The number of likely N-dealkylation sites (tertiary alicyclic amines) is 1. The molecule has 1 saturated heterocycles. The quantitative estimate of drug-likeness (QED) is 0.555. The molecule has 3 heterocycles. The summed E-state index contributed by atoms with van der Waals surface area (Å²) in [4.78, 5) is 39.3. The number of nitrogens with one attached hydrogen (secondary N) is 2. The Hall–Kier alpha value is -3.13. The number of likely N-dealkylation sites (N-methyl/N-ethyl adjacent to an activating group) is 1. The smallest absolute Gasteiger partial charge is 0.271 e. The van der Waals surface area contributed by atoms with Gasteiger partial charge in [-0.05, 0) is 69.5 Å². The van der Waals surface area contributed by atoms with Crippen molar-refractivity contribution >= 4 is 17.4 Å². The van der Waals surface area contributed by atoms with Gasteiger partial charge < -0.3 is 25.0 Å². The molecule has 2 N–H and O–H groups in total. The van der Waals surface area contributed by atoms with Gasteiger partial charge in [0.2, 0.25) is 5.91 Å². The fraction of sp³-hybridized carbons (Fsp3) is 0.500. The minimum absolute atomic E-state index is 0.0527. The Morgan fingerprint density at radius 2 is 2.09 bits per heavy atom. The van der Waals surface area contributed by atoms with E-state index in [0.29, 0.717) is 18.2 Å². The number of hydrogen-bond acceptors (Lipinski definition) is 6. The molecule has 182 valence electrons. The van der Waals surface area contributed by atoms with Gasteiger partial charge in [-0.25, -0.2) is 4.98 Å². The highest BCUT2D eigenvalue weighted by Crippen LogP contribution is 2.34. The van der Waals surface area contributed by atoms with Crippen molar-refractivity contribution in [1.82, 2.24) is 19.8 Å². The number of anilines is 2. The van der Waals surface area contributed by atoms with Crippen molar-refractivity contribution in [3.8, 4) is 11.1 Å². The molecule has 0 unspecified atom stereocenters. The number of rotatable bonds is 9. The SMILES string of the molecule is CNc1cc(-c2c[nH]c(=O)c(N(CC3CC3)[C@H]3CCCN(C(=O)/C=C/CN(C)C)C3)c2)ccn1. The number of carbonyl (C=O) groups excluding carboxylic acids is 1. The number of amides is 1. The maximum absolute atomic E-state index is 13.0. The molecule has 1 aliphatic heterocycles. The normalized spacial score (nSPS) is 18.5. The summed E-state index contributed by atoms with van der Waals surface area (Å²) >= 11 is 0. The van der Waals surface area contributed by atoms with E-state index < -0.39 is 0 Å². The highest BCUT2D eigenvalue weighted by atomic mass is 16.2. The van der Waals surface area contributed by atoms with Crippen LogP contribution in [0.1, 0.15) is 25.7 Å². The van der Waals surface area contributed by atoms with E-state index in [1.807, 2.05) is 55.2 Å². The Morgan fingerprint density at radius 3 is 2.82 bits per heavy atom. The second kappa shape index (κ2) is 10.9. The van der Waals surface area contributed by atoms with Crippen molar-refractivity contribution in [3.05, 3.63) is 53.1 Å². The van der Waals surface area contributed by atoms with Crippen molar-refractivity contribution < 1.29 is 4.79 Å². The van der Waals surface area contributed by atoms with Gasteiger partial charge in [-0.1, -0.05) is 6.08 Å². The van der Waals surface area contributed by atoms with Crippen LogP contribution in [0.2, 0.25) is 0 Å². The molecule has 0 aromatic carbocycles. The molecule has 0 spiro atoms. The van der Waals surface area contributed by atoms with E-state index in [1.54, 1.807) is 18.5 Å². The number of nitrogens with zero attached hydrogens (tertiary/aromatic N) is 4. The van der Waals surface area contributed by atoms with Gasteiger partial charge in [-0.3, -0.25) is 9.59 Å². The first-order chi connectivity index (χ1) is 16.4. The summed E-state index contributed by atoms with van der Waals surface area (Å²) in [7, 11) is 5.81. The minimum Gasteiger partial charge on any atom is -0.373 e. The molecule has 2 aliphatic rings. The molecule has 0 bridgehead atoms. The molecule has 8 nitrogen and oxygen atoms in total.